The Balaban J connectivity index is 0. The van der Waals surface area contributed by atoms with E-state index in [0.717, 1.165) is 0 Å². The van der Waals surface area contributed by atoms with Crippen LogP contribution in [0.2, 0.25) is 0 Å². The van der Waals surface area contributed by atoms with Crippen LogP contribution < -0.4 is 0 Å². The van der Waals surface area contributed by atoms with Crippen molar-refractivity contribution >= 4 is 30.5 Å². The monoisotopic (exact) mass is 339 g/mol. The fourth-order valence-corrected chi connectivity index (χ4v) is 0. The second kappa shape index (κ2) is 4.75. The molecule has 0 bridgehead atoms. The second-order valence-electron chi connectivity index (χ2n) is 0.900. The van der Waals surface area contributed by atoms with Gasteiger partial charge < -0.3 is 4.55 Å². The van der Waals surface area contributed by atoms with E-state index < -0.39 is 15.6 Å². The van der Waals surface area contributed by atoms with Gasteiger partial charge in [0.1, 0.15) is 0 Å². The van der Waals surface area contributed by atoms with E-state index in [4.69, 9.17) is 13.0 Å². The third-order valence-corrected chi connectivity index (χ3v) is 0.850. The van der Waals surface area contributed by atoms with Crippen molar-refractivity contribution in [3.63, 3.8) is 0 Å². The van der Waals surface area contributed by atoms with Crippen molar-refractivity contribution < 1.29 is 38.9 Å². The molecule has 0 aromatic rings. The van der Waals surface area contributed by atoms with Gasteiger partial charge in [-0.05, 0) is 0 Å². The van der Waals surface area contributed by atoms with Gasteiger partial charge in [-0.1, -0.05) is 0 Å². The first kappa shape index (κ1) is 13.5. The minimum atomic E-state index is -6.09. The molecular weight excluding hydrogens is 340 g/mol. The van der Waals surface area contributed by atoms with Crippen LogP contribution in [-0.2, 0) is 22.9 Å². The molecule has 0 aromatic carbocycles. The third-order valence-electron chi connectivity index (χ3n) is 0.283. The van der Waals surface area contributed by atoms with E-state index in [2.05, 4.69) is 12.8 Å². The van der Waals surface area contributed by atoms with E-state index in [1.807, 2.05) is 0 Å². The molecule has 0 N–H and O–H groups in total. The molecule has 0 fully saturated rings. The number of alkyl halides is 3. The summed E-state index contributed by atoms with van der Waals surface area (Å²) in [7, 11) is -6.09. The summed E-state index contributed by atoms with van der Waals surface area (Å²) < 4.78 is 58.9. The Morgan fingerprint density at radius 2 is 1.40 bits per heavy atom. The maximum absolute atomic E-state index is 10.7. The fraction of sp³-hybridized carbons (Fsp3) is 1.00. The summed E-state index contributed by atoms with van der Waals surface area (Å²) in [6.45, 7) is 0. The van der Waals surface area contributed by atoms with Crippen LogP contribution in [0.5, 0.6) is 0 Å². The molecule has 0 aliphatic heterocycles. The van der Waals surface area contributed by atoms with Crippen LogP contribution in [0, 0.1) is 0 Å². The van der Waals surface area contributed by atoms with Gasteiger partial charge in [-0.2, -0.15) is 13.2 Å². The van der Waals surface area contributed by atoms with Gasteiger partial charge in [0, 0.05) is 0 Å². The van der Waals surface area contributed by atoms with Crippen LogP contribution in [0.25, 0.3) is 0 Å². The average molecular weight is 340 g/mol. The zero-order valence-corrected chi connectivity index (χ0v) is 7.86. The number of hydrogen-bond acceptors (Lipinski definition) is 3. The van der Waals surface area contributed by atoms with Crippen molar-refractivity contribution in [2.45, 2.75) is 5.51 Å². The van der Waals surface area contributed by atoms with E-state index in [1.54, 1.807) is 20.3 Å². The Morgan fingerprint density at radius 1 is 1.30 bits per heavy atom. The van der Waals surface area contributed by atoms with Crippen LogP contribution >= 0.6 is 20.3 Å². The summed E-state index contributed by atoms with van der Waals surface area (Å²) in [6, 6.07) is 0. The van der Waals surface area contributed by atoms with Crippen molar-refractivity contribution in [3.05, 3.63) is 0 Å². The van der Waals surface area contributed by atoms with Crippen LogP contribution in [0.1, 0.15) is 0 Å². The summed E-state index contributed by atoms with van der Waals surface area (Å²) >= 11 is 5.87. The van der Waals surface area contributed by atoms with Crippen LogP contribution in [0.4, 0.5) is 13.2 Å². The first-order valence-corrected chi connectivity index (χ1v) is 5.83. The molecule has 0 heterocycles. The van der Waals surface area contributed by atoms with Crippen LogP contribution in [0.3, 0.4) is 0 Å². The summed E-state index contributed by atoms with van der Waals surface area (Å²) in [4.78, 5) is 0. The third kappa shape index (κ3) is 5.71. The molecule has 0 radical (unpaired) electrons. The average Bonchev–Trinajstić information content (AvgIpc) is 1.66. The minimum absolute atomic E-state index is 1.71. The summed E-state index contributed by atoms with van der Waals surface area (Å²) in [5, 5.41) is 0. The molecule has 0 rings (SSSR count). The molecule has 0 aliphatic rings. The summed E-state index contributed by atoms with van der Waals surface area (Å²) in [6.07, 6.45) is 0. The van der Waals surface area contributed by atoms with E-state index >= 15 is 0 Å². The number of rotatable bonds is 0. The second-order valence-corrected chi connectivity index (χ2v) is 2.27. The quantitative estimate of drug-likeness (QED) is 0.286. The molecule has 67 valence electrons. The Labute approximate surface area is 74.7 Å². The Hall–Kier alpha value is 0.949. The van der Waals surface area contributed by atoms with E-state index in [-0.39, 0.29) is 0 Å². The van der Waals surface area contributed by atoms with Crippen molar-refractivity contribution in [1.29, 1.82) is 0 Å². The summed E-state index contributed by atoms with van der Waals surface area (Å²) in [5.41, 5.74) is -5.65. The summed E-state index contributed by atoms with van der Waals surface area (Å²) in [5.74, 6) is 0. The van der Waals surface area contributed by atoms with Gasteiger partial charge in [-0.15, -0.1) is 0 Å². The predicted octanol–water partition coefficient (Wildman–Crippen LogP) is 0.935. The fourth-order valence-electron chi connectivity index (χ4n) is 0. The molecule has 0 spiro atoms. The zero-order valence-electron chi connectivity index (χ0n) is 3.95. The zero-order chi connectivity index (χ0) is 9.00. The maximum atomic E-state index is 10.7. The van der Waals surface area contributed by atoms with Crippen molar-refractivity contribution in [2.75, 3.05) is 0 Å². The van der Waals surface area contributed by atoms with Gasteiger partial charge in [-0.3, -0.25) is 0 Å². The molecule has 10 heavy (non-hydrogen) atoms. The van der Waals surface area contributed by atoms with Gasteiger partial charge in [-0.25, -0.2) is 8.42 Å². The molecule has 0 atom stereocenters. The number of hydrogen-bond donors (Lipinski definition) is 0. The first-order chi connectivity index (χ1) is 4.25. The van der Waals surface area contributed by atoms with Crippen LogP contribution in [-0.4, -0.2) is 18.5 Å². The Morgan fingerprint density at radius 3 is 1.40 bits per heavy atom. The molecule has 0 saturated carbocycles. The predicted molar refractivity (Wildman–Crippen MR) is 29.8 cm³/mol. The Bertz CT molecular complexity index is 173. The van der Waals surface area contributed by atoms with Crippen LogP contribution in [0.15, 0.2) is 0 Å². The normalized spacial score (nSPS) is 11.9. The van der Waals surface area contributed by atoms with E-state index in [0.29, 0.717) is 0 Å². The molecule has 9 heteroatoms. The van der Waals surface area contributed by atoms with Crippen molar-refractivity contribution in [1.82, 2.24) is 0 Å². The molecule has 0 saturated heterocycles. The van der Waals surface area contributed by atoms with Gasteiger partial charge in [0.2, 0.25) is 0 Å². The SMILES string of the molecule is O=S(=O)([O-])C(F)(F)F.[Cu+][I]. The molecule has 0 amide bonds. The van der Waals surface area contributed by atoms with Gasteiger partial charge in [0.15, 0.2) is 10.1 Å². The van der Waals surface area contributed by atoms with Crippen molar-refractivity contribution in [2.24, 2.45) is 0 Å². The van der Waals surface area contributed by atoms with Gasteiger partial charge in [0.05, 0.1) is 0 Å². The molecule has 0 unspecified atom stereocenters. The molecule has 3 nitrogen and oxygen atoms in total. The topological polar surface area (TPSA) is 57.2 Å². The molecule has 0 aromatic heterocycles. The molecular formula is CCuF3IO3S. The standard InChI is InChI=1S/CHF3O3S.Cu.HI/c2-1(3,4)8(5,6)7;;/h(H,5,6,7);;1H/q;+2;/p-2. The number of halogens is 4. The van der Waals surface area contributed by atoms with Gasteiger partial charge >= 0.3 is 38.6 Å². The van der Waals surface area contributed by atoms with Crippen molar-refractivity contribution in [3.8, 4) is 0 Å². The van der Waals surface area contributed by atoms with E-state index in [9.17, 15) is 13.2 Å². The molecule has 0 aliphatic carbocycles. The first-order valence-electron chi connectivity index (χ1n) is 1.39. The Kier molecular flexibility index (Phi) is 6.43. The van der Waals surface area contributed by atoms with E-state index in [1.165, 1.54) is 0 Å². The van der Waals surface area contributed by atoms with Gasteiger partial charge in [0.25, 0.3) is 0 Å².